The Hall–Kier alpha value is -1.32. The number of rotatable bonds is 0. The maximum atomic E-state index is 11.9. The van der Waals surface area contributed by atoms with Crippen molar-refractivity contribution in [2.75, 3.05) is 0 Å². The van der Waals surface area contributed by atoms with Gasteiger partial charge >= 0.3 is 0 Å². The van der Waals surface area contributed by atoms with Crippen LogP contribution in [-0.2, 0) is 4.79 Å². The van der Waals surface area contributed by atoms with Crippen molar-refractivity contribution in [2.24, 2.45) is 16.4 Å². The van der Waals surface area contributed by atoms with Gasteiger partial charge in [-0.1, -0.05) is 20.8 Å². The molecule has 3 rings (SSSR count). The molecule has 1 spiro atoms. The molecule has 4 nitrogen and oxygen atoms in total. The van der Waals surface area contributed by atoms with E-state index in [0.717, 1.165) is 12.1 Å². The summed E-state index contributed by atoms with van der Waals surface area (Å²) < 4.78 is 0. The van der Waals surface area contributed by atoms with Gasteiger partial charge in [0.1, 0.15) is 5.66 Å². The normalized spacial score (nSPS) is 37.0. The summed E-state index contributed by atoms with van der Waals surface area (Å²) in [4.78, 5) is 11.9. The molecular formula is C11H17N3O. The van der Waals surface area contributed by atoms with Crippen LogP contribution in [0.3, 0.4) is 0 Å². The second kappa shape index (κ2) is 2.26. The summed E-state index contributed by atoms with van der Waals surface area (Å²) in [7, 11) is 0. The maximum Gasteiger partial charge on any atom is 0.270 e. The molecule has 4 heteroatoms. The Morgan fingerprint density at radius 3 is 3.00 bits per heavy atom. The molecule has 3 aliphatic rings. The number of nitrogens with zero attached hydrogens (tertiary/aromatic N) is 2. The summed E-state index contributed by atoms with van der Waals surface area (Å²) in [6.07, 6.45) is 4.54. The summed E-state index contributed by atoms with van der Waals surface area (Å²) >= 11 is 0. The lowest BCUT2D eigenvalue weighted by Crippen LogP contribution is -2.52. The number of amides is 1. The Balaban J connectivity index is 0.000000963. The highest BCUT2D eigenvalue weighted by molar-refractivity contribution is 5.93. The molecule has 82 valence electrons. The zero-order valence-corrected chi connectivity index (χ0v) is 9.24. The number of carbonyl (C=O) groups excluding carboxylic acids is 1. The molecule has 2 unspecified atom stereocenters. The molecule has 0 aromatic rings. The molecule has 0 saturated heterocycles. The van der Waals surface area contributed by atoms with Crippen LogP contribution < -0.4 is 5.32 Å². The van der Waals surface area contributed by atoms with Crippen LogP contribution >= 0.6 is 0 Å². The molecule has 0 aromatic heterocycles. The number of allylic oxidation sites excluding steroid dienone is 1. The minimum atomic E-state index is -0.200. The van der Waals surface area contributed by atoms with E-state index < -0.39 is 0 Å². The molecule has 1 aliphatic carbocycles. The Morgan fingerprint density at radius 1 is 1.67 bits per heavy atom. The molecule has 2 aliphatic heterocycles. The standard InChI is InChI=1S/C11H15N3O.H2/c1-10(2,3)8-4-9(15)14-11(13-8)5-7(11)6-12-14;/h4,6-7,13H,5H2,1-3H3;1H. The predicted octanol–water partition coefficient (Wildman–Crippen LogP) is 1.31. The van der Waals surface area contributed by atoms with E-state index in [0.29, 0.717) is 5.92 Å². The summed E-state index contributed by atoms with van der Waals surface area (Å²) in [6.45, 7) is 6.33. The van der Waals surface area contributed by atoms with E-state index in [2.05, 4.69) is 31.2 Å². The zero-order chi connectivity index (χ0) is 10.8. The van der Waals surface area contributed by atoms with Gasteiger partial charge in [0.05, 0.1) is 0 Å². The Labute approximate surface area is 90.5 Å². The largest absolute Gasteiger partial charge is 0.363 e. The molecule has 15 heavy (non-hydrogen) atoms. The van der Waals surface area contributed by atoms with Gasteiger partial charge in [-0.05, 0) is 0 Å². The summed E-state index contributed by atoms with van der Waals surface area (Å²) in [6, 6.07) is 0. The van der Waals surface area contributed by atoms with Crippen molar-refractivity contribution in [3.8, 4) is 0 Å². The number of nitrogens with one attached hydrogen (secondary N) is 1. The highest BCUT2D eigenvalue weighted by atomic mass is 16.2. The third kappa shape index (κ3) is 1.02. The molecule has 0 aromatic carbocycles. The van der Waals surface area contributed by atoms with E-state index in [1.54, 1.807) is 11.1 Å². The highest BCUT2D eigenvalue weighted by Gasteiger charge is 2.65. The van der Waals surface area contributed by atoms with Crippen LogP contribution in [0.4, 0.5) is 0 Å². The molecule has 1 fully saturated rings. The van der Waals surface area contributed by atoms with Crippen LogP contribution in [0.2, 0.25) is 0 Å². The van der Waals surface area contributed by atoms with Gasteiger partial charge in [0, 0.05) is 37.2 Å². The van der Waals surface area contributed by atoms with Crippen LogP contribution in [0.1, 0.15) is 28.6 Å². The van der Waals surface area contributed by atoms with Crippen molar-refractivity contribution >= 4 is 12.1 Å². The average molecular weight is 207 g/mol. The topological polar surface area (TPSA) is 44.7 Å². The Kier molecular flexibility index (Phi) is 1.35. The van der Waals surface area contributed by atoms with Crippen molar-refractivity contribution in [3.63, 3.8) is 0 Å². The average Bonchev–Trinajstić information content (AvgIpc) is 2.66. The van der Waals surface area contributed by atoms with Crippen molar-refractivity contribution in [1.29, 1.82) is 0 Å². The molecule has 1 N–H and O–H groups in total. The van der Waals surface area contributed by atoms with Gasteiger partial charge in [0.2, 0.25) is 0 Å². The van der Waals surface area contributed by atoms with Crippen LogP contribution in [0.15, 0.2) is 16.9 Å². The summed E-state index contributed by atoms with van der Waals surface area (Å²) in [5, 5.41) is 9.20. The smallest absolute Gasteiger partial charge is 0.270 e. The van der Waals surface area contributed by atoms with E-state index in [9.17, 15) is 4.79 Å². The third-order valence-electron chi connectivity index (χ3n) is 3.36. The van der Waals surface area contributed by atoms with Crippen molar-refractivity contribution in [1.82, 2.24) is 10.3 Å². The molecular weight excluding hydrogens is 190 g/mol. The van der Waals surface area contributed by atoms with E-state index in [-0.39, 0.29) is 18.4 Å². The van der Waals surface area contributed by atoms with E-state index in [4.69, 9.17) is 0 Å². The van der Waals surface area contributed by atoms with E-state index in [1.165, 1.54) is 0 Å². The lowest BCUT2D eigenvalue weighted by molar-refractivity contribution is -0.130. The first-order valence-electron chi connectivity index (χ1n) is 5.32. The fourth-order valence-electron chi connectivity index (χ4n) is 2.25. The quantitative estimate of drug-likeness (QED) is 0.651. The second-order valence-electron chi connectivity index (χ2n) is 5.58. The van der Waals surface area contributed by atoms with Crippen LogP contribution in [0.5, 0.6) is 0 Å². The van der Waals surface area contributed by atoms with Gasteiger partial charge in [0.15, 0.2) is 0 Å². The van der Waals surface area contributed by atoms with Gasteiger partial charge in [-0.15, -0.1) is 0 Å². The lowest BCUT2D eigenvalue weighted by Gasteiger charge is -2.36. The minimum absolute atomic E-state index is 0. The molecule has 0 bridgehead atoms. The van der Waals surface area contributed by atoms with Crippen molar-refractivity contribution in [3.05, 3.63) is 11.8 Å². The minimum Gasteiger partial charge on any atom is -0.363 e. The number of carbonyl (C=O) groups is 1. The molecule has 2 atom stereocenters. The number of hydrogen-bond donors (Lipinski definition) is 1. The monoisotopic (exact) mass is 207 g/mol. The first kappa shape index (κ1) is 8.95. The second-order valence-corrected chi connectivity index (χ2v) is 5.58. The predicted molar refractivity (Wildman–Crippen MR) is 59.0 cm³/mol. The number of hydrazone groups is 1. The number of hydrogen-bond acceptors (Lipinski definition) is 3. The van der Waals surface area contributed by atoms with Crippen LogP contribution in [-0.4, -0.2) is 22.8 Å². The van der Waals surface area contributed by atoms with Crippen LogP contribution in [0, 0.1) is 11.3 Å². The Morgan fingerprint density at radius 2 is 2.40 bits per heavy atom. The molecule has 1 amide bonds. The Bertz CT molecular complexity index is 410. The van der Waals surface area contributed by atoms with E-state index >= 15 is 0 Å². The first-order valence-corrected chi connectivity index (χ1v) is 5.32. The summed E-state index contributed by atoms with van der Waals surface area (Å²) in [5.74, 6) is 0.419. The third-order valence-corrected chi connectivity index (χ3v) is 3.36. The van der Waals surface area contributed by atoms with Crippen molar-refractivity contribution < 1.29 is 6.22 Å². The SMILES string of the molecule is CC(C)(C)C1=CC(=O)N2N=CC3CC32N1.[HH]. The van der Waals surface area contributed by atoms with Gasteiger partial charge < -0.3 is 5.32 Å². The van der Waals surface area contributed by atoms with Crippen LogP contribution in [0.25, 0.3) is 0 Å². The van der Waals surface area contributed by atoms with Gasteiger partial charge in [-0.3, -0.25) is 4.79 Å². The van der Waals surface area contributed by atoms with Crippen molar-refractivity contribution in [2.45, 2.75) is 32.9 Å². The van der Waals surface area contributed by atoms with Gasteiger partial charge in [-0.25, -0.2) is 5.01 Å². The molecule has 1 saturated carbocycles. The fourth-order valence-corrected chi connectivity index (χ4v) is 2.25. The van der Waals surface area contributed by atoms with Gasteiger partial charge in [-0.2, -0.15) is 5.10 Å². The molecule has 2 heterocycles. The fraction of sp³-hybridized carbons (Fsp3) is 0.636. The summed E-state index contributed by atoms with van der Waals surface area (Å²) in [5.41, 5.74) is 0.817. The lowest BCUT2D eigenvalue weighted by atomic mass is 9.90. The maximum absolute atomic E-state index is 11.9. The van der Waals surface area contributed by atoms with Gasteiger partial charge in [0.25, 0.3) is 5.91 Å². The van der Waals surface area contributed by atoms with E-state index in [1.807, 2.05) is 6.21 Å². The molecule has 0 radical (unpaired) electrons. The highest BCUT2D eigenvalue weighted by Crippen LogP contribution is 2.52. The zero-order valence-electron chi connectivity index (χ0n) is 9.24. The first-order chi connectivity index (χ1) is 6.93.